The fourth-order valence-corrected chi connectivity index (χ4v) is 3.31. The Morgan fingerprint density at radius 1 is 1.16 bits per heavy atom. The summed E-state index contributed by atoms with van der Waals surface area (Å²) < 4.78 is 0. The van der Waals surface area contributed by atoms with Gasteiger partial charge in [-0.3, -0.25) is 0 Å². The third-order valence-electron chi connectivity index (χ3n) is 4.88. The molecule has 1 nitrogen and oxygen atoms in total. The maximum atomic E-state index is 6.09. The van der Waals surface area contributed by atoms with Crippen LogP contribution in [-0.4, -0.2) is 6.54 Å². The van der Waals surface area contributed by atoms with E-state index in [1.807, 2.05) is 0 Å². The van der Waals surface area contributed by atoms with Crippen molar-refractivity contribution in [1.82, 2.24) is 0 Å². The molecule has 1 heteroatoms. The van der Waals surface area contributed by atoms with E-state index in [-0.39, 0.29) is 5.41 Å². The average molecular weight is 259 g/mol. The summed E-state index contributed by atoms with van der Waals surface area (Å²) in [5.74, 6) is 0. The van der Waals surface area contributed by atoms with Gasteiger partial charge in [0, 0.05) is 0 Å². The molecule has 0 amide bonds. The molecule has 0 unspecified atom stereocenters. The first-order valence-electron chi connectivity index (χ1n) is 7.66. The Hall–Kier alpha value is -0.820. The van der Waals surface area contributed by atoms with Crippen LogP contribution in [0.1, 0.15) is 63.1 Å². The summed E-state index contributed by atoms with van der Waals surface area (Å²) in [4.78, 5) is 0. The fraction of sp³-hybridized carbons (Fsp3) is 0.667. The van der Waals surface area contributed by atoms with Gasteiger partial charge >= 0.3 is 0 Å². The highest BCUT2D eigenvalue weighted by Crippen LogP contribution is 2.41. The predicted octanol–water partition coefficient (Wildman–Crippen LogP) is 4.35. The van der Waals surface area contributed by atoms with Gasteiger partial charge in [-0.2, -0.15) is 0 Å². The van der Waals surface area contributed by atoms with Crippen molar-refractivity contribution in [3.63, 3.8) is 0 Å². The molecule has 1 aromatic rings. The summed E-state index contributed by atoms with van der Waals surface area (Å²) >= 11 is 0. The Kier molecular flexibility index (Phi) is 4.06. The molecule has 19 heavy (non-hydrogen) atoms. The largest absolute Gasteiger partial charge is 0.330 e. The van der Waals surface area contributed by atoms with E-state index in [4.69, 9.17) is 5.73 Å². The highest BCUT2D eigenvalue weighted by atomic mass is 14.6. The normalized spacial score (nSPS) is 18.8. The van der Waals surface area contributed by atoms with E-state index >= 15 is 0 Å². The van der Waals surface area contributed by atoms with Gasteiger partial charge in [-0.15, -0.1) is 0 Å². The van der Waals surface area contributed by atoms with Crippen LogP contribution in [0.3, 0.4) is 0 Å². The molecular formula is C18H29N. The second-order valence-corrected chi connectivity index (χ2v) is 7.48. The maximum Gasteiger partial charge on any atom is -0.00173 e. The van der Waals surface area contributed by atoms with Gasteiger partial charge in [-0.25, -0.2) is 0 Å². The number of hydrogen-bond acceptors (Lipinski definition) is 1. The van der Waals surface area contributed by atoms with E-state index in [0.29, 0.717) is 5.41 Å². The lowest BCUT2D eigenvalue weighted by Gasteiger charge is -2.29. The van der Waals surface area contributed by atoms with Gasteiger partial charge in [-0.1, -0.05) is 51.8 Å². The Labute approximate surface area is 118 Å². The van der Waals surface area contributed by atoms with Crippen LogP contribution in [0, 0.1) is 12.3 Å². The minimum absolute atomic E-state index is 0.230. The van der Waals surface area contributed by atoms with Crippen LogP contribution < -0.4 is 5.73 Å². The van der Waals surface area contributed by atoms with E-state index in [1.54, 1.807) is 0 Å². The summed E-state index contributed by atoms with van der Waals surface area (Å²) in [6.07, 6.45) is 6.50. The summed E-state index contributed by atoms with van der Waals surface area (Å²) in [5, 5.41) is 0. The molecule has 0 saturated heterocycles. The molecule has 0 heterocycles. The SMILES string of the molecule is Cc1ccc(C(C)(C)C)cc1CC1(CN)CCCC1. The second kappa shape index (κ2) is 5.28. The summed E-state index contributed by atoms with van der Waals surface area (Å²) in [6.45, 7) is 9.94. The topological polar surface area (TPSA) is 26.0 Å². The number of benzene rings is 1. The molecule has 1 aliphatic carbocycles. The fourth-order valence-electron chi connectivity index (χ4n) is 3.31. The lowest BCUT2D eigenvalue weighted by atomic mass is 9.77. The van der Waals surface area contributed by atoms with Crippen molar-refractivity contribution >= 4 is 0 Å². The van der Waals surface area contributed by atoms with E-state index in [2.05, 4.69) is 45.9 Å². The third kappa shape index (κ3) is 3.20. The lowest BCUT2D eigenvalue weighted by molar-refractivity contribution is 0.306. The number of nitrogens with two attached hydrogens (primary N) is 1. The van der Waals surface area contributed by atoms with Crippen molar-refractivity contribution in [2.45, 2.75) is 65.2 Å². The summed E-state index contributed by atoms with van der Waals surface area (Å²) in [7, 11) is 0. The van der Waals surface area contributed by atoms with Crippen molar-refractivity contribution in [2.24, 2.45) is 11.1 Å². The number of rotatable bonds is 3. The first kappa shape index (κ1) is 14.6. The minimum atomic E-state index is 0.230. The Balaban J connectivity index is 2.29. The molecule has 106 valence electrons. The zero-order valence-electron chi connectivity index (χ0n) is 13.1. The molecule has 0 spiro atoms. The molecule has 0 bridgehead atoms. The molecule has 0 radical (unpaired) electrons. The zero-order chi connectivity index (χ0) is 14.1. The summed E-state index contributed by atoms with van der Waals surface area (Å²) in [5.41, 5.74) is 11.1. The van der Waals surface area contributed by atoms with Gasteiger partial charge in [0.25, 0.3) is 0 Å². The second-order valence-electron chi connectivity index (χ2n) is 7.48. The van der Waals surface area contributed by atoms with Crippen LogP contribution in [0.2, 0.25) is 0 Å². The van der Waals surface area contributed by atoms with Crippen molar-refractivity contribution in [1.29, 1.82) is 0 Å². The smallest absolute Gasteiger partial charge is 0.00173 e. The van der Waals surface area contributed by atoms with Crippen LogP contribution >= 0.6 is 0 Å². The molecule has 1 saturated carbocycles. The minimum Gasteiger partial charge on any atom is -0.330 e. The van der Waals surface area contributed by atoms with E-state index < -0.39 is 0 Å². The Morgan fingerprint density at radius 3 is 2.32 bits per heavy atom. The third-order valence-corrected chi connectivity index (χ3v) is 4.88. The maximum absolute atomic E-state index is 6.09. The Bertz CT molecular complexity index is 433. The standard InChI is InChI=1S/C18H29N/c1-14-7-8-16(17(2,3)4)11-15(14)12-18(13-19)9-5-6-10-18/h7-8,11H,5-6,9-10,12-13,19H2,1-4H3. The first-order chi connectivity index (χ1) is 8.86. The van der Waals surface area contributed by atoms with Gasteiger partial charge in [0.15, 0.2) is 0 Å². The molecule has 0 aliphatic heterocycles. The van der Waals surface area contributed by atoms with Crippen molar-refractivity contribution in [3.8, 4) is 0 Å². The summed E-state index contributed by atoms with van der Waals surface area (Å²) in [6, 6.07) is 6.99. The van der Waals surface area contributed by atoms with Gasteiger partial charge in [0.2, 0.25) is 0 Å². The average Bonchev–Trinajstić information content (AvgIpc) is 2.80. The molecule has 1 aliphatic rings. The first-order valence-corrected chi connectivity index (χ1v) is 7.66. The molecule has 2 rings (SSSR count). The highest BCUT2D eigenvalue weighted by molar-refractivity contribution is 5.35. The molecular weight excluding hydrogens is 230 g/mol. The number of hydrogen-bond donors (Lipinski definition) is 1. The van der Waals surface area contributed by atoms with E-state index in [1.165, 1.54) is 48.8 Å². The van der Waals surface area contributed by atoms with Crippen LogP contribution in [0.5, 0.6) is 0 Å². The van der Waals surface area contributed by atoms with Crippen LogP contribution in [0.4, 0.5) is 0 Å². The molecule has 2 N–H and O–H groups in total. The zero-order valence-corrected chi connectivity index (χ0v) is 13.1. The van der Waals surface area contributed by atoms with Crippen LogP contribution in [0.15, 0.2) is 18.2 Å². The molecule has 1 aromatic carbocycles. The quantitative estimate of drug-likeness (QED) is 0.858. The van der Waals surface area contributed by atoms with Crippen LogP contribution in [0.25, 0.3) is 0 Å². The predicted molar refractivity (Wildman–Crippen MR) is 83.5 cm³/mol. The van der Waals surface area contributed by atoms with Gasteiger partial charge in [0.1, 0.15) is 0 Å². The molecule has 0 atom stereocenters. The van der Waals surface area contributed by atoms with E-state index in [0.717, 1.165) is 6.54 Å². The van der Waals surface area contributed by atoms with Crippen molar-refractivity contribution in [2.75, 3.05) is 6.54 Å². The molecule has 1 fully saturated rings. The van der Waals surface area contributed by atoms with Gasteiger partial charge in [0.05, 0.1) is 0 Å². The van der Waals surface area contributed by atoms with Crippen molar-refractivity contribution in [3.05, 3.63) is 34.9 Å². The Morgan fingerprint density at radius 2 is 1.79 bits per heavy atom. The van der Waals surface area contributed by atoms with Crippen LogP contribution in [-0.2, 0) is 11.8 Å². The molecule has 0 aromatic heterocycles. The highest BCUT2D eigenvalue weighted by Gasteiger charge is 2.33. The van der Waals surface area contributed by atoms with Crippen molar-refractivity contribution < 1.29 is 0 Å². The van der Waals surface area contributed by atoms with E-state index in [9.17, 15) is 0 Å². The lowest BCUT2D eigenvalue weighted by Crippen LogP contribution is -2.30. The number of aryl methyl sites for hydroxylation is 1. The van der Waals surface area contributed by atoms with Gasteiger partial charge < -0.3 is 5.73 Å². The van der Waals surface area contributed by atoms with Gasteiger partial charge in [-0.05, 0) is 60.3 Å². The monoisotopic (exact) mass is 259 g/mol.